The Hall–Kier alpha value is -0.580. The van der Waals surface area contributed by atoms with E-state index in [2.05, 4.69) is 4.90 Å². The van der Waals surface area contributed by atoms with Gasteiger partial charge in [-0.15, -0.1) is 0 Å². The molecule has 1 saturated heterocycles. The van der Waals surface area contributed by atoms with E-state index in [1.807, 2.05) is 0 Å². The molecule has 110 valence electrons. The quantitative estimate of drug-likeness (QED) is 0.780. The van der Waals surface area contributed by atoms with Gasteiger partial charge in [0.25, 0.3) is 0 Å². The van der Waals surface area contributed by atoms with E-state index in [0.717, 1.165) is 42.5 Å². The largest absolute Gasteiger partial charge is 0.611 e. The Morgan fingerprint density at radius 2 is 1.70 bits per heavy atom. The third kappa shape index (κ3) is 3.96. The van der Waals surface area contributed by atoms with Crippen LogP contribution in [0.1, 0.15) is 25.7 Å². The van der Waals surface area contributed by atoms with Gasteiger partial charge in [-0.25, -0.2) is 4.39 Å². The molecule has 1 aliphatic carbocycles. The molecule has 0 spiro atoms. The van der Waals surface area contributed by atoms with Crippen LogP contribution in [0.15, 0.2) is 29.2 Å². The summed E-state index contributed by atoms with van der Waals surface area (Å²) in [6.45, 7) is 3.58. The molecule has 20 heavy (non-hydrogen) atoms. The lowest BCUT2D eigenvalue weighted by molar-refractivity contribution is 0.187. The number of hydrogen-bond donors (Lipinski definition) is 0. The number of likely N-dealkylation sites (tertiary alicyclic amines) is 1. The second-order valence-corrected chi connectivity index (χ2v) is 7.65. The molecule has 0 amide bonds. The topological polar surface area (TPSA) is 26.3 Å². The average Bonchev–Trinajstić information content (AvgIpc) is 3.26. The van der Waals surface area contributed by atoms with Gasteiger partial charge in [-0.05, 0) is 80.1 Å². The Morgan fingerprint density at radius 3 is 2.30 bits per heavy atom. The molecule has 1 saturated carbocycles. The average molecular weight is 295 g/mol. The molecule has 3 rings (SSSR count). The first kappa shape index (κ1) is 14.4. The lowest BCUT2D eigenvalue weighted by Gasteiger charge is -2.31. The van der Waals surface area contributed by atoms with Crippen LogP contribution in [0.25, 0.3) is 0 Å². The minimum Gasteiger partial charge on any atom is -0.611 e. The molecule has 2 nitrogen and oxygen atoms in total. The summed E-state index contributed by atoms with van der Waals surface area (Å²) >= 11 is -0.984. The summed E-state index contributed by atoms with van der Waals surface area (Å²) < 4.78 is 25.1. The Kier molecular flexibility index (Phi) is 4.64. The van der Waals surface area contributed by atoms with Gasteiger partial charge in [0.15, 0.2) is 4.90 Å². The van der Waals surface area contributed by atoms with Crippen LogP contribution in [0.5, 0.6) is 0 Å². The van der Waals surface area contributed by atoms with E-state index in [1.54, 1.807) is 12.1 Å². The van der Waals surface area contributed by atoms with Crippen molar-refractivity contribution in [2.75, 3.05) is 25.4 Å². The van der Waals surface area contributed by atoms with Crippen molar-refractivity contribution in [3.8, 4) is 0 Å². The summed E-state index contributed by atoms with van der Waals surface area (Å²) in [5.41, 5.74) is 0. The zero-order chi connectivity index (χ0) is 13.9. The molecule has 0 aromatic heterocycles. The molecule has 1 heterocycles. The maximum Gasteiger partial charge on any atom is 0.152 e. The minimum absolute atomic E-state index is 0.265. The van der Waals surface area contributed by atoms with Gasteiger partial charge in [-0.1, -0.05) is 0 Å². The van der Waals surface area contributed by atoms with Crippen molar-refractivity contribution in [3.05, 3.63) is 30.1 Å². The number of hydrogen-bond acceptors (Lipinski definition) is 2. The Morgan fingerprint density at radius 1 is 1.05 bits per heavy atom. The molecule has 0 radical (unpaired) electrons. The molecule has 1 aliphatic heterocycles. The van der Waals surface area contributed by atoms with Gasteiger partial charge in [0.05, 0.1) is 0 Å². The van der Waals surface area contributed by atoms with Crippen molar-refractivity contribution in [3.63, 3.8) is 0 Å². The Bertz CT molecular complexity index is 427. The summed E-state index contributed by atoms with van der Waals surface area (Å²) in [4.78, 5) is 3.32. The standard InChI is InChI=1S/C16H22FNOS/c17-15-3-5-16(6-4-15)20(19)12-14-7-9-18(10-8-14)11-13-1-2-13/h3-6,13-14H,1-2,7-12H2. The highest BCUT2D eigenvalue weighted by Gasteiger charge is 2.28. The van der Waals surface area contributed by atoms with Crippen LogP contribution in [-0.2, 0) is 11.2 Å². The van der Waals surface area contributed by atoms with Gasteiger partial charge < -0.3 is 9.45 Å². The normalized spacial score (nSPS) is 22.9. The summed E-state index contributed by atoms with van der Waals surface area (Å²) in [6, 6.07) is 6.08. The second-order valence-electron chi connectivity index (χ2n) is 6.15. The van der Waals surface area contributed by atoms with E-state index in [0.29, 0.717) is 5.92 Å². The molecule has 2 fully saturated rings. The maximum absolute atomic E-state index is 12.9. The van der Waals surface area contributed by atoms with Crippen LogP contribution < -0.4 is 0 Å². The van der Waals surface area contributed by atoms with E-state index in [1.165, 1.54) is 31.5 Å². The summed E-state index contributed by atoms with van der Waals surface area (Å²) in [7, 11) is 0. The van der Waals surface area contributed by atoms with E-state index in [9.17, 15) is 8.94 Å². The van der Waals surface area contributed by atoms with Gasteiger partial charge in [0.2, 0.25) is 0 Å². The summed E-state index contributed by atoms with van der Waals surface area (Å²) in [6.07, 6.45) is 5.13. The van der Waals surface area contributed by atoms with E-state index < -0.39 is 11.2 Å². The van der Waals surface area contributed by atoms with Crippen LogP contribution in [0.4, 0.5) is 4.39 Å². The zero-order valence-corrected chi connectivity index (χ0v) is 12.6. The van der Waals surface area contributed by atoms with Crippen molar-refractivity contribution in [2.24, 2.45) is 11.8 Å². The molecule has 1 aromatic rings. The predicted molar refractivity (Wildman–Crippen MR) is 79.6 cm³/mol. The van der Waals surface area contributed by atoms with Crippen LogP contribution in [0.3, 0.4) is 0 Å². The molecular weight excluding hydrogens is 273 g/mol. The first-order chi connectivity index (χ1) is 9.70. The highest BCUT2D eigenvalue weighted by molar-refractivity contribution is 7.91. The molecule has 0 bridgehead atoms. The van der Waals surface area contributed by atoms with E-state index in [-0.39, 0.29) is 5.82 Å². The first-order valence-electron chi connectivity index (χ1n) is 7.57. The fourth-order valence-corrected chi connectivity index (χ4v) is 4.29. The van der Waals surface area contributed by atoms with Crippen molar-refractivity contribution >= 4 is 11.2 Å². The number of nitrogens with zero attached hydrogens (tertiary/aromatic N) is 1. The zero-order valence-electron chi connectivity index (χ0n) is 11.8. The molecule has 2 aliphatic rings. The highest BCUT2D eigenvalue weighted by atomic mass is 32.2. The van der Waals surface area contributed by atoms with Crippen LogP contribution in [0, 0.1) is 17.7 Å². The van der Waals surface area contributed by atoms with Gasteiger partial charge in [0.1, 0.15) is 11.6 Å². The molecule has 1 aromatic carbocycles. The molecular formula is C16H22FNOS. The molecule has 1 atom stereocenters. The van der Waals surface area contributed by atoms with Crippen LogP contribution >= 0.6 is 0 Å². The molecule has 1 unspecified atom stereocenters. The van der Waals surface area contributed by atoms with Crippen molar-refractivity contribution in [1.82, 2.24) is 4.90 Å². The van der Waals surface area contributed by atoms with Crippen LogP contribution in [0.2, 0.25) is 0 Å². The van der Waals surface area contributed by atoms with E-state index in [4.69, 9.17) is 0 Å². The Labute approximate surface area is 123 Å². The lowest BCUT2D eigenvalue weighted by atomic mass is 9.99. The minimum atomic E-state index is -0.984. The number of rotatable bonds is 5. The fourth-order valence-electron chi connectivity index (χ4n) is 2.90. The fraction of sp³-hybridized carbons (Fsp3) is 0.625. The van der Waals surface area contributed by atoms with Crippen molar-refractivity contribution in [2.45, 2.75) is 30.6 Å². The summed E-state index contributed by atoms with van der Waals surface area (Å²) in [5.74, 6) is 1.97. The van der Waals surface area contributed by atoms with Crippen LogP contribution in [-0.4, -0.2) is 34.8 Å². The predicted octanol–water partition coefficient (Wildman–Crippen LogP) is 3.06. The number of piperidine rings is 1. The number of halogens is 1. The maximum atomic E-state index is 12.9. The van der Waals surface area contributed by atoms with E-state index >= 15 is 0 Å². The highest BCUT2D eigenvalue weighted by Crippen LogP contribution is 2.31. The monoisotopic (exact) mass is 295 g/mol. The smallest absolute Gasteiger partial charge is 0.152 e. The third-order valence-electron chi connectivity index (χ3n) is 4.38. The Balaban J connectivity index is 1.45. The SMILES string of the molecule is [O-][S+](CC1CCN(CC2CC2)CC1)c1ccc(F)cc1. The van der Waals surface area contributed by atoms with Crippen molar-refractivity contribution < 1.29 is 8.94 Å². The van der Waals surface area contributed by atoms with Gasteiger partial charge in [-0.3, -0.25) is 0 Å². The first-order valence-corrected chi connectivity index (χ1v) is 8.89. The third-order valence-corrected chi connectivity index (χ3v) is 5.96. The second kappa shape index (κ2) is 6.46. The van der Waals surface area contributed by atoms with Gasteiger partial charge in [-0.2, -0.15) is 0 Å². The molecule has 4 heteroatoms. The lowest BCUT2D eigenvalue weighted by Crippen LogP contribution is -2.37. The van der Waals surface area contributed by atoms with Crippen molar-refractivity contribution in [1.29, 1.82) is 0 Å². The van der Waals surface area contributed by atoms with Gasteiger partial charge in [0, 0.05) is 12.5 Å². The number of benzene rings is 1. The van der Waals surface area contributed by atoms with Gasteiger partial charge >= 0.3 is 0 Å². The molecule has 0 N–H and O–H groups in total. The summed E-state index contributed by atoms with van der Waals surface area (Å²) in [5, 5.41) is 0.